The van der Waals surface area contributed by atoms with Crippen molar-refractivity contribution in [2.75, 3.05) is 25.0 Å². The smallest absolute Gasteiger partial charge is 0.328 e. The molecule has 1 aromatic heterocycles. The number of carboxylic acids is 2. The number of benzene rings is 2. The fourth-order valence-corrected chi connectivity index (χ4v) is 3.65. The number of nitrogens with one attached hydrogen (secondary N) is 2. The van der Waals surface area contributed by atoms with Crippen molar-refractivity contribution in [1.29, 1.82) is 0 Å². The summed E-state index contributed by atoms with van der Waals surface area (Å²) in [5.41, 5.74) is 4.74. The summed E-state index contributed by atoms with van der Waals surface area (Å²) < 4.78 is 13.0. The van der Waals surface area contributed by atoms with Gasteiger partial charge in [-0.05, 0) is 61.0 Å². The number of hydrogen-bond donors (Lipinski definition) is 4. The molecular weight excluding hydrogens is 453 g/mol. The molecule has 4 rings (SSSR count). The summed E-state index contributed by atoms with van der Waals surface area (Å²) in [7, 11) is 0. The van der Waals surface area contributed by atoms with Crippen LogP contribution in [0.5, 0.6) is 0 Å². The van der Waals surface area contributed by atoms with E-state index in [1.54, 1.807) is 0 Å². The summed E-state index contributed by atoms with van der Waals surface area (Å²) in [6.07, 6.45) is 6.47. The zero-order chi connectivity index (χ0) is 25.4. The first-order valence-corrected chi connectivity index (χ1v) is 11.0. The minimum absolute atomic E-state index is 0.248. The Bertz CT molecular complexity index is 1260. The van der Waals surface area contributed by atoms with Crippen LogP contribution in [0.2, 0.25) is 0 Å². The Morgan fingerprint density at radius 3 is 2.34 bits per heavy atom. The molecule has 0 atom stereocenters. The van der Waals surface area contributed by atoms with Gasteiger partial charge in [0.1, 0.15) is 5.82 Å². The Balaban J connectivity index is 0.000000371. The van der Waals surface area contributed by atoms with Gasteiger partial charge in [-0.15, -0.1) is 0 Å². The number of anilines is 1. The average Bonchev–Trinajstić information content (AvgIpc) is 3.27. The maximum Gasteiger partial charge on any atom is 0.328 e. The largest absolute Gasteiger partial charge is 0.478 e. The van der Waals surface area contributed by atoms with E-state index in [9.17, 15) is 18.8 Å². The number of carbonyl (C=O) groups is 3. The van der Waals surface area contributed by atoms with E-state index in [4.69, 9.17) is 10.2 Å². The van der Waals surface area contributed by atoms with Crippen LogP contribution in [-0.2, 0) is 9.59 Å². The summed E-state index contributed by atoms with van der Waals surface area (Å²) in [6.45, 7) is 5.29. The van der Waals surface area contributed by atoms with E-state index in [0.29, 0.717) is 17.7 Å². The molecule has 8 nitrogen and oxygen atoms in total. The van der Waals surface area contributed by atoms with Crippen LogP contribution in [0, 0.1) is 5.82 Å². The number of halogens is 1. The zero-order valence-corrected chi connectivity index (χ0v) is 19.1. The minimum Gasteiger partial charge on any atom is -0.478 e. The molecule has 2 heterocycles. The molecule has 4 N–H and O–H groups in total. The van der Waals surface area contributed by atoms with Gasteiger partial charge < -0.3 is 20.5 Å². The van der Waals surface area contributed by atoms with E-state index in [2.05, 4.69) is 28.2 Å². The van der Waals surface area contributed by atoms with Gasteiger partial charge in [-0.2, -0.15) is 0 Å². The lowest BCUT2D eigenvalue weighted by Crippen LogP contribution is -2.27. The second kappa shape index (κ2) is 11.8. The molecule has 1 amide bonds. The standard InChI is InChI=1S/C22H22FN3O.C4H4O4/c1-2-26-11-9-15(10-12-26)20-14-24-21-8-7-18(13-19(20)21)25-22(27)16-3-5-17(23)6-4-16;5-3(6)1-2-4(7)8/h3-9,13-14,24H,2,10-12H2,1H3,(H,25,27);1-2H,(H,5,6)(H,7,8)/b;2-1+. The van der Waals surface area contributed by atoms with Crippen LogP contribution in [0.4, 0.5) is 10.1 Å². The van der Waals surface area contributed by atoms with Crippen LogP contribution in [0.3, 0.4) is 0 Å². The number of hydrogen-bond acceptors (Lipinski definition) is 4. The van der Waals surface area contributed by atoms with Crippen LogP contribution < -0.4 is 5.32 Å². The molecular formula is C26H26FN3O5. The Labute approximate surface area is 201 Å². The van der Waals surface area contributed by atoms with Crippen molar-refractivity contribution in [1.82, 2.24) is 9.88 Å². The number of fused-ring (bicyclic) bond motifs is 1. The summed E-state index contributed by atoms with van der Waals surface area (Å²) in [5, 5.41) is 19.6. The number of aliphatic carboxylic acids is 2. The Hall–Kier alpha value is -4.24. The van der Waals surface area contributed by atoms with Gasteiger partial charge in [-0.25, -0.2) is 14.0 Å². The highest BCUT2D eigenvalue weighted by molar-refractivity contribution is 6.05. The van der Waals surface area contributed by atoms with Gasteiger partial charge in [0.15, 0.2) is 0 Å². The SMILES string of the molecule is CCN1CC=C(c2c[nH]c3ccc(NC(=O)c4ccc(F)cc4)cc23)CC1.O=C(O)/C=C/C(=O)O. The van der Waals surface area contributed by atoms with E-state index in [1.165, 1.54) is 35.4 Å². The monoisotopic (exact) mass is 479 g/mol. The topological polar surface area (TPSA) is 123 Å². The van der Waals surface area contributed by atoms with E-state index < -0.39 is 11.9 Å². The summed E-state index contributed by atoms with van der Waals surface area (Å²) in [4.78, 5) is 37.2. The molecule has 1 aliphatic heterocycles. The fraction of sp³-hybridized carbons (Fsp3) is 0.192. The van der Waals surface area contributed by atoms with Gasteiger partial charge in [-0.3, -0.25) is 9.69 Å². The molecule has 1 aliphatic rings. The highest BCUT2D eigenvalue weighted by atomic mass is 19.1. The van der Waals surface area contributed by atoms with Gasteiger partial charge in [0.2, 0.25) is 0 Å². The van der Waals surface area contributed by atoms with Gasteiger partial charge in [0.25, 0.3) is 5.91 Å². The predicted octanol–water partition coefficient (Wildman–Crippen LogP) is 4.38. The molecule has 182 valence electrons. The van der Waals surface area contributed by atoms with E-state index in [-0.39, 0.29) is 11.7 Å². The first kappa shape index (κ1) is 25.4. The number of likely N-dealkylation sites (N-methyl/N-ethyl adjacent to an activating group) is 1. The summed E-state index contributed by atoms with van der Waals surface area (Å²) >= 11 is 0. The van der Waals surface area contributed by atoms with Gasteiger partial charge in [0.05, 0.1) is 0 Å². The molecule has 0 unspecified atom stereocenters. The van der Waals surface area contributed by atoms with Gasteiger partial charge in [-0.1, -0.05) is 13.0 Å². The van der Waals surface area contributed by atoms with Gasteiger partial charge >= 0.3 is 11.9 Å². The van der Waals surface area contributed by atoms with Crippen LogP contribution in [0.25, 0.3) is 16.5 Å². The summed E-state index contributed by atoms with van der Waals surface area (Å²) in [6, 6.07) is 11.4. The van der Waals surface area contributed by atoms with Crippen molar-refractivity contribution >= 4 is 40.0 Å². The number of nitrogens with zero attached hydrogens (tertiary/aromatic N) is 1. The van der Waals surface area contributed by atoms with Crippen molar-refractivity contribution < 1.29 is 29.0 Å². The van der Waals surface area contributed by atoms with Crippen LogP contribution in [0.15, 0.2) is 66.9 Å². The number of amides is 1. The normalized spacial score (nSPS) is 13.7. The second-order valence-electron chi connectivity index (χ2n) is 7.81. The zero-order valence-electron chi connectivity index (χ0n) is 19.1. The lowest BCUT2D eigenvalue weighted by atomic mass is 9.98. The molecule has 0 saturated carbocycles. The predicted molar refractivity (Wildman–Crippen MR) is 132 cm³/mol. The van der Waals surface area contributed by atoms with Crippen molar-refractivity contribution in [3.63, 3.8) is 0 Å². The Morgan fingerprint density at radius 2 is 1.77 bits per heavy atom. The lowest BCUT2D eigenvalue weighted by Gasteiger charge is -2.24. The van der Waals surface area contributed by atoms with Crippen molar-refractivity contribution in [2.45, 2.75) is 13.3 Å². The fourth-order valence-electron chi connectivity index (χ4n) is 3.65. The molecule has 3 aromatic rings. The van der Waals surface area contributed by atoms with Crippen molar-refractivity contribution in [2.24, 2.45) is 0 Å². The molecule has 9 heteroatoms. The number of carbonyl (C=O) groups excluding carboxylic acids is 1. The van der Waals surface area contributed by atoms with E-state index in [0.717, 1.165) is 42.6 Å². The van der Waals surface area contributed by atoms with Crippen LogP contribution >= 0.6 is 0 Å². The highest BCUT2D eigenvalue weighted by Gasteiger charge is 2.15. The number of aromatic amines is 1. The molecule has 0 bridgehead atoms. The molecule has 2 aromatic carbocycles. The highest BCUT2D eigenvalue weighted by Crippen LogP contribution is 2.31. The van der Waals surface area contributed by atoms with Crippen molar-refractivity contribution in [3.05, 3.63) is 83.8 Å². The number of carboxylic acid groups (broad SMARTS) is 2. The second-order valence-corrected chi connectivity index (χ2v) is 7.81. The van der Waals surface area contributed by atoms with Gasteiger partial charge in [0, 0.05) is 59.2 Å². The van der Waals surface area contributed by atoms with Crippen molar-refractivity contribution in [3.8, 4) is 0 Å². The minimum atomic E-state index is -1.26. The molecule has 35 heavy (non-hydrogen) atoms. The third-order valence-electron chi connectivity index (χ3n) is 5.50. The van der Waals surface area contributed by atoms with Crippen LogP contribution in [-0.4, -0.2) is 57.6 Å². The number of rotatable bonds is 6. The lowest BCUT2D eigenvalue weighted by molar-refractivity contribution is -0.134. The third-order valence-corrected chi connectivity index (χ3v) is 5.50. The number of H-pyrrole nitrogens is 1. The molecule has 0 spiro atoms. The molecule has 0 radical (unpaired) electrons. The first-order chi connectivity index (χ1) is 16.8. The van der Waals surface area contributed by atoms with Crippen LogP contribution in [0.1, 0.15) is 29.3 Å². The Kier molecular flexibility index (Phi) is 8.53. The van der Waals surface area contributed by atoms with E-state index >= 15 is 0 Å². The maximum atomic E-state index is 13.0. The quantitative estimate of drug-likeness (QED) is 0.389. The summed E-state index contributed by atoms with van der Waals surface area (Å²) in [5.74, 6) is -3.12. The average molecular weight is 480 g/mol. The Morgan fingerprint density at radius 1 is 1.09 bits per heavy atom. The molecule has 0 saturated heterocycles. The first-order valence-electron chi connectivity index (χ1n) is 11.0. The van der Waals surface area contributed by atoms with E-state index in [1.807, 2.05) is 24.4 Å². The maximum absolute atomic E-state index is 13.0. The molecule has 0 fully saturated rings. The third kappa shape index (κ3) is 7.12. The number of aromatic nitrogens is 1. The molecule has 0 aliphatic carbocycles.